The van der Waals surface area contributed by atoms with Crippen LogP contribution in [-0.4, -0.2) is 30.0 Å². The van der Waals surface area contributed by atoms with Crippen LogP contribution in [0, 0.1) is 0 Å². The number of halogens is 1. The number of benzene rings is 1. The Bertz CT molecular complexity index is 425. The Morgan fingerprint density at radius 2 is 1.65 bits per heavy atom. The number of carbonyl (C=O) groups is 1. The van der Waals surface area contributed by atoms with Crippen LogP contribution < -0.4 is 4.74 Å². The second-order valence-corrected chi connectivity index (χ2v) is 6.22. The third-order valence-electron chi connectivity index (χ3n) is 3.64. The molecule has 3 nitrogen and oxygen atoms in total. The fourth-order valence-corrected chi connectivity index (χ4v) is 2.76. The third-order valence-corrected chi connectivity index (χ3v) is 4.17. The number of hydrogen-bond donors (Lipinski definition) is 0. The van der Waals surface area contributed by atoms with Gasteiger partial charge >= 0.3 is 0 Å². The highest BCUT2D eigenvalue weighted by Crippen LogP contribution is 2.18. The summed E-state index contributed by atoms with van der Waals surface area (Å²) in [5, 5.41) is 0. The van der Waals surface area contributed by atoms with Gasteiger partial charge in [-0.3, -0.25) is 4.79 Å². The lowest BCUT2D eigenvalue weighted by Gasteiger charge is -2.27. The first kappa shape index (κ1) is 15.4. The van der Waals surface area contributed by atoms with Crippen LogP contribution in [0.4, 0.5) is 0 Å². The number of nitrogens with zero attached hydrogens (tertiary/aromatic N) is 1. The van der Waals surface area contributed by atoms with Crippen LogP contribution in [0.15, 0.2) is 28.7 Å². The lowest BCUT2D eigenvalue weighted by molar-refractivity contribution is -0.138. The fourth-order valence-electron chi connectivity index (χ4n) is 2.49. The predicted octanol–water partition coefficient (Wildman–Crippen LogP) is 4.01. The van der Waals surface area contributed by atoms with Crippen molar-refractivity contribution in [1.82, 2.24) is 4.90 Å². The summed E-state index contributed by atoms with van der Waals surface area (Å²) in [7, 11) is 0. The lowest BCUT2D eigenvalue weighted by atomic mass is 10.1. The molecule has 1 fully saturated rings. The summed E-state index contributed by atoms with van der Waals surface area (Å²) >= 11 is 3.39. The largest absolute Gasteiger partial charge is 0.481 e. The van der Waals surface area contributed by atoms with Crippen LogP contribution in [0.25, 0.3) is 0 Å². The van der Waals surface area contributed by atoms with Gasteiger partial charge in [-0.05, 0) is 44.0 Å². The Morgan fingerprint density at radius 1 is 1.10 bits per heavy atom. The number of hydrogen-bond acceptors (Lipinski definition) is 2. The fraction of sp³-hybridized carbons (Fsp3) is 0.562. The smallest absolute Gasteiger partial charge is 0.263 e. The molecule has 1 amide bonds. The Labute approximate surface area is 129 Å². The minimum absolute atomic E-state index is 0.106. The molecule has 1 atom stereocenters. The van der Waals surface area contributed by atoms with Gasteiger partial charge in [0.15, 0.2) is 6.10 Å². The molecule has 1 aliphatic rings. The van der Waals surface area contributed by atoms with Gasteiger partial charge in [0, 0.05) is 17.6 Å². The van der Waals surface area contributed by atoms with E-state index < -0.39 is 6.10 Å². The zero-order valence-corrected chi connectivity index (χ0v) is 13.6. The van der Waals surface area contributed by atoms with Crippen molar-refractivity contribution in [3.05, 3.63) is 28.7 Å². The summed E-state index contributed by atoms with van der Waals surface area (Å²) in [5.41, 5.74) is 0. The van der Waals surface area contributed by atoms with E-state index in [4.69, 9.17) is 4.74 Å². The first-order valence-corrected chi connectivity index (χ1v) is 8.17. The molecule has 20 heavy (non-hydrogen) atoms. The highest BCUT2D eigenvalue weighted by Gasteiger charge is 2.22. The minimum atomic E-state index is -0.421. The number of amides is 1. The summed E-state index contributed by atoms with van der Waals surface area (Å²) in [5.74, 6) is 0.843. The molecular weight excluding hydrogens is 318 g/mol. The van der Waals surface area contributed by atoms with Crippen molar-refractivity contribution in [2.24, 2.45) is 0 Å². The van der Waals surface area contributed by atoms with Crippen LogP contribution in [0.5, 0.6) is 5.75 Å². The van der Waals surface area contributed by atoms with Crippen molar-refractivity contribution < 1.29 is 9.53 Å². The lowest BCUT2D eigenvalue weighted by Crippen LogP contribution is -2.42. The van der Waals surface area contributed by atoms with Crippen LogP contribution in [0.3, 0.4) is 0 Å². The molecule has 0 radical (unpaired) electrons. The highest BCUT2D eigenvalue weighted by molar-refractivity contribution is 9.10. The summed E-state index contributed by atoms with van der Waals surface area (Å²) < 4.78 is 6.75. The van der Waals surface area contributed by atoms with E-state index in [0.29, 0.717) is 0 Å². The number of carbonyl (C=O) groups excluding carboxylic acids is 1. The van der Waals surface area contributed by atoms with E-state index in [0.717, 1.165) is 36.2 Å². The average molecular weight is 340 g/mol. The monoisotopic (exact) mass is 339 g/mol. The van der Waals surface area contributed by atoms with E-state index >= 15 is 0 Å². The van der Waals surface area contributed by atoms with Gasteiger partial charge in [0.2, 0.25) is 0 Å². The van der Waals surface area contributed by atoms with Crippen molar-refractivity contribution in [3.8, 4) is 5.75 Å². The van der Waals surface area contributed by atoms with E-state index in [1.54, 1.807) is 0 Å². The summed E-state index contributed by atoms with van der Waals surface area (Å²) in [6.45, 7) is 3.57. The average Bonchev–Trinajstić information content (AvgIpc) is 2.40. The highest BCUT2D eigenvalue weighted by atomic mass is 79.9. The first-order chi connectivity index (χ1) is 9.66. The molecule has 0 aliphatic carbocycles. The predicted molar refractivity (Wildman–Crippen MR) is 83.9 cm³/mol. The molecule has 2 rings (SSSR count). The zero-order chi connectivity index (χ0) is 14.4. The molecule has 1 saturated heterocycles. The minimum Gasteiger partial charge on any atom is -0.481 e. The van der Waals surface area contributed by atoms with Crippen molar-refractivity contribution in [2.45, 2.75) is 45.1 Å². The molecular formula is C16H22BrNO2. The Hall–Kier alpha value is -1.03. The summed E-state index contributed by atoms with van der Waals surface area (Å²) in [6.07, 6.45) is 5.55. The van der Waals surface area contributed by atoms with Gasteiger partial charge in [-0.1, -0.05) is 35.2 Å². The van der Waals surface area contributed by atoms with E-state index in [-0.39, 0.29) is 5.91 Å². The summed E-state index contributed by atoms with van der Waals surface area (Å²) in [4.78, 5) is 14.4. The molecule has 1 unspecified atom stereocenters. The van der Waals surface area contributed by atoms with Gasteiger partial charge in [0.05, 0.1) is 0 Å². The zero-order valence-electron chi connectivity index (χ0n) is 12.0. The molecule has 0 N–H and O–H groups in total. The van der Waals surface area contributed by atoms with Gasteiger partial charge in [-0.15, -0.1) is 0 Å². The molecule has 1 aromatic carbocycles. The molecule has 0 spiro atoms. The summed E-state index contributed by atoms with van der Waals surface area (Å²) in [6, 6.07) is 7.59. The maximum atomic E-state index is 12.4. The van der Waals surface area contributed by atoms with Crippen LogP contribution in [0.1, 0.15) is 39.0 Å². The van der Waals surface area contributed by atoms with E-state index in [9.17, 15) is 4.79 Å². The van der Waals surface area contributed by atoms with E-state index in [2.05, 4.69) is 15.9 Å². The van der Waals surface area contributed by atoms with Crippen LogP contribution in [0.2, 0.25) is 0 Å². The molecule has 1 heterocycles. The normalized spacial score (nSPS) is 18.0. The first-order valence-electron chi connectivity index (χ1n) is 7.38. The number of ether oxygens (including phenoxy) is 1. The molecule has 110 valence electrons. The van der Waals surface area contributed by atoms with Crippen molar-refractivity contribution in [2.75, 3.05) is 13.1 Å². The van der Waals surface area contributed by atoms with Crippen LogP contribution in [-0.2, 0) is 4.79 Å². The number of likely N-dealkylation sites (tertiary alicyclic amines) is 1. The van der Waals surface area contributed by atoms with E-state index in [1.807, 2.05) is 36.1 Å². The van der Waals surface area contributed by atoms with Crippen molar-refractivity contribution in [3.63, 3.8) is 0 Å². The Morgan fingerprint density at radius 3 is 2.25 bits per heavy atom. The Balaban J connectivity index is 1.91. The van der Waals surface area contributed by atoms with Crippen LogP contribution >= 0.6 is 15.9 Å². The third kappa shape index (κ3) is 4.51. The standard InChI is InChI=1S/C16H22BrNO2/c1-13(20-15-9-7-14(17)8-10-15)16(19)18-11-5-3-2-4-6-12-18/h7-10,13H,2-6,11-12H2,1H3. The van der Waals surface area contributed by atoms with Gasteiger partial charge in [-0.25, -0.2) is 0 Å². The molecule has 4 heteroatoms. The Kier molecular flexibility index (Phi) is 5.89. The molecule has 1 aromatic rings. The molecule has 0 saturated carbocycles. The molecule has 1 aliphatic heterocycles. The van der Waals surface area contributed by atoms with Gasteiger partial charge in [-0.2, -0.15) is 0 Å². The van der Waals surface area contributed by atoms with E-state index in [1.165, 1.54) is 19.3 Å². The maximum absolute atomic E-state index is 12.4. The molecule has 0 aromatic heterocycles. The quantitative estimate of drug-likeness (QED) is 0.832. The topological polar surface area (TPSA) is 29.5 Å². The molecule has 0 bridgehead atoms. The second kappa shape index (κ2) is 7.67. The number of rotatable bonds is 3. The maximum Gasteiger partial charge on any atom is 0.263 e. The van der Waals surface area contributed by atoms with Crippen molar-refractivity contribution >= 4 is 21.8 Å². The van der Waals surface area contributed by atoms with Crippen molar-refractivity contribution in [1.29, 1.82) is 0 Å². The van der Waals surface area contributed by atoms with Gasteiger partial charge in [0.25, 0.3) is 5.91 Å². The second-order valence-electron chi connectivity index (χ2n) is 5.31. The van der Waals surface area contributed by atoms with Gasteiger partial charge < -0.3 is 9.64 Å². The SMILES string of the molecule is CC(Oc1ccc(Br)cc1)C(=O)N1CCCCCCC1. The van der Waals surface area contributed by atoms with Gasteiger partial charge in [0.1, 0.15) is 5.75 Å².